The second-order valence-electron chi connectivity index (χ2n) is 3.92. The summed E-state index contributed by atoms with van der Waals surface area (Å²) < 4.78 is 5.40. The zero-order chi connectivity index (χ0) is 14.4. The van der Waals surface area contributed by atoms with Gasteiger partial charge in [-0.25, -0.2) is 4.98 Å². The van der Waals surface area contributed by atoms with Gasteiger partial charge in [0.05, 0.1) is 23.2 Å². The zero-order valence-electron chi connectivity index (χ0n) is 11.0. The first-order chi connectivity index (χ1) is 9.72. The van der Waals surface area contributed by atoms with Crippen LogP contribution in [0.1, 0.15) is 33.8 Å². The van der Waals surface area contributed by atoms with Gasteiger partial charge in [-0.15, -0.1) is 11.3 Å². The number of aryl methyl sites for hydroxylation is 1. The van der Waals surface area contributed by atoms with Crippen LogP contribution in [0.15, 0.2) is 22.1 Å². The number of aliphatic hydroxyl groups is 1. The standard InChI is InChI=1S/C14H14N2O3S/c1-2-11-7-15-13(19-11)8-16-14(18)10-6-12(20-9-10)4-3-5-17/h6-7,9,17H,2,5,8H2,1H3,(H,16,18). The summed E-state index contributed by atoms with van der Waals surface area (Å²) in [6.07, 6.45) is 2.44. The van der Waals surface area contributed by atoms with E-state index < -0.39 is 0 Å². The van der Waals surface area contributed by atoms with E-state index in [0.717, 1.165) is 17.1 Å². The van der Waals surface area contributed by atoms with Gasteiger partial charge in [-0.2, -0.15) is 0 Å². The summed E-state index contributed by atoms with van der Waals surface area (Å²) in [7, 11) is 0. The highest BCUT2D eigenvalue weighted by Crippen LogP contribution is 2.13. The first kappa shape index (κ1) is 14.3. The van der Waals surface area contributed by atoms with Crippen LogP contribution in [0.5, 0.6) is 0 Å². The van der Waals surface area contributed by atoms with Gasteiger partial charge in [-0.3, -0.25) is 4.79 Å². The van der Waals surface area contributed by atoms with Crippen LogP contribution in [-0.2, 0) is 13.0 Å². The van der Waals surface area contributed by atoms with Crippen molar-refractivity contribution in [2.45, 2.75) is 19.9 Å². The molecular weight excluding hydrogens is 276 g/mol. The summed E-state index contributed by atoms with van der Waals surface area (Å²) in [5, 5.41) is 13.1. The normalized spacial score (nSPS) is 9.90. The van der Waals surface area contributed by atoms with Gasteiger partial charge in [0.1, 0.15) is 12.4 Å². The summed E-state index contributed by atoms with van der Waals surface area (Å²) in [5.41, 5.74) is 0.541. The molecule has 0 saturated heterocycles. The van der Waals surface area contributed by atoms with Crippen LogP contribution in [0.2, 0.25) is 0 Å². The number of oxazole rings is 1. The molecule has 2 N–H and O–H groups in total. The summed E-state index contributed by atoms with van der Waals surface area (Å²) in [5.74, 6) is 6.39. The Morgan fingerprint density at radius 1 is 1.60 bits per heavy atom. The topological polar surface area (TPSA) is 75.4 Å². The molecule has 6 heteroatoms. The van der Waals surface area contributed by atoms with Gasteiger partial charge in [-0.05, 0) is 6.07 Å². The molecule has 1 amide bonds. The predicted octanol–water partition coefficient (Wildman–Crippen LogP) is 1.57. The van der Waals surface area contributed by atoms with Gasteiger partial charge >= 0.3 is 0 Å². The molecule has 104 valence electrons. The van der Waals surface area contributed by atoms with E-state index in [-0.39, 0.29) is 19.1 Å². The maximum absolute atomic E-state index is 11.9. The number of carbonyl (C=O) groups excluding carboxylic acids is 1. The summed E-state index contributed by atoms with van der Waals surface area (Å²) in [4.78, 5) is 16.7. The van der Waals surface area contributed by atoms with E-state index in [4.69, 9.17) is 9.52 Å². The minimum Gasteiger partial charge on any atom is -0.444 e. The van der Waals surface area contributed by atoms with Crippen LogP contribution < -0.4 is 5.32 Å². The van der Waals surface area contributed by atoms with Crippen LogP contribution >= 0.6 is 11.3 Å². The Kier molecular flexibility index (Phi) is 4.93. The molecule has 0 bridgehead atoms. The number of hydrogen-bond acceptors (Lipinski definition) is 5. The molecule has 0 aliphatic carbocycles. The Bertz CT molecular complexity index is 649. The molecule has 0 aromatic carbocycles. The average Bonchev–Trinajstić information content (AvgIpc) is 3.11. The lowest BCUT2D eigenvalue weighted by molar-refractivity contribution is 0.0947. The van der Waals surface area contributed by atoms with Gasteiger partial charge in [-0.1, -0.05) is 18.8 Å². The van der Waals surface area contributed by atoms with Crippen molar-refractivity contribution in [3.63, 3.8) is 0 Å². The number of amides is 1. The highest BCUT2D eigenvalue weighted by atomic mass is 32.1. The van der Waals surface area contributed by atoms with Gasteiger partial charge in [0.15, 0.2) is 0 Å². The number of aromatic nitrogens is 1. The van der Waals surface area contributed by atoms with Crippen molar-refractivity contribution in [1.82, 2.24) is 10.3 Å². The van der Waals surface area contributed by atoms with Crippen LogP contribution in [0, 0.1) is 11.8 Å². The molecule has 2 aromatic heterocycles. The molecule has 0 spiro atoms. The first-order valence-corrected chi connectivity index (χ1v) is 7.01. The van der Waals surface area contributed by atoms with Crippen molar-refractivity contribution in [3.05, 3.63) is 39.7 Å². The number of hydrogen-bond donors (Lipinski definition) is 2. The van der Waals surface area contributed by atoms with Gasteiger partial charge < -0.3 is 14.8 Å². The van der Waals surface area contributed by atoms with Crippen molar-refractivity contribution >= 4 is 17.2 Å². The summed E-state index contributed by atoms with van der Waals surface area (Å²) in [6.45, 7) is 2.04. The highest BCUT2D eigenvalue weighted by Gasteiger charge is 2.09. The van der Waals surface area contributed by atoms with E-state index >= 15 is 0 Å². The van der Waals surface area contributed by atoms with Crippen molar-refractivity contribution in [2.75, 3.05) is 6.61 Å². The molecule has 2 rings (SSSR count). The third kappa shape index (κ3) is 3.70. The number of carbonyl (C=O) groups is 1. The Morgan fingerprint density at radius 2 is 2.45 bits per heavy atom. The largest absolute Gasteiger partial charge is 0.444 e. The zero-order valence-corrected chi connectivity index (χ0v) is 11.8. The van der Waals surface area contributed by atoms with E-state index in [1.54, 1.807) is 17.6 Å². The fourth-order valence-corrected chi connectivity index (χ4v) is 2.25. The molecule has 5 nitrogen and oxygen atoms in total. The van der Waals surface area contributed by atoms with E-state index in [2.05, 4.69) is 22.1 Å². The number of rotatable bonds is 4. The Morgan fingerprint density at radius 3 is 3.15 bits per heavy atom. The minimum absolute atomic E-state index is 0.191. The van der Waals surface area contributed by atoms with Gasteiger partial charge in [0.2, 0.25) is 5.89 Å². The average molecular weight is 290 g/mol. The second kappa shape index (κ2) is 6.89. The molecule has 0 saturated carbocycles. The van der Waals surface area contributed by atoms with Crippen LogP contribution in [-0.4, -0.2) is 22.6 Å². The lowest BCUT2D eigenvalue weighted by atomic mass is 10.3. The maximum Gasteiger partial charge on any atom is 0.252 e. The van der Waals surface area contributed by atoms with E-state index in [0.29, 0.717) is 11.5 Å². The van der Waals surface area contributed by atoms with Crippen molar-refractivity contribution in [2.24, 2.45) is 0 Å². The fraction of sp³-hybridized carbons (Fsp3) is 0.286. The Hall–Kier alpha value is -2.10. The smallest absolute Gasteiger partial charge is 0.252 e. The minimum atomic E-state index is -0.199. The van der Waals surface area contributed by atoms with Crippen LogP contribution in [0.3, 0.4) is 0 Å². The van der Waals surface area contributed by atoms with Crippen LogP contribution in [0.4, 0.5) is 0 Å². The molecule has 20 heavy (non-hydrogen) atoms. The molecule has 0 aliphatic heterocycles. The second-order valence-corrected chi connectivity index (χ2v) is 4.83. The van der Waals surface area contributed by atoms with Crippen molar-refractivity contribution in [1.29, 1.82) is 0 Å². The number of aliphatic hydroxyl groups excluding tert-OH is 1. The third-order valence-corrected chi connectivity index (χ3v) is 3.35. The van der Waals surface area contributed by atoms with Crippen molar-refractivity contribution < 1.29 is 14.3 Å². The monoisotopic (exact) mass is 290 g/mol. The highest BCUT2D eigenvalue weighted by molar-refractivity contribution is 7.10. The number of nitrogens with one attached hydrogen (secondary N) is 1. The lowest BCUT2D eigenvalue weighted by Gasteiger charge is -1.99. The lowest BCUT2D eigenvalue weighted by Crippen LogP contribution is -2.22. The number of nitrogens with zero attached hydrogens (tertiary/aromatic N) is 1. The Balaban J connectivity index is 1.92. The first-order valence-electron chi connectivity index (χ1n) is 6.13. The van der Waals surface area contributed by atoms with Gasteiger partial charge in [0.25, 0.3) is 5.91 Å². The molecule has 0 atom stereocenters. The van der Waals surface area contributed by atoms with E-state index in [1.807, 2.05) is 6.92 Å². The fourth-order valence-electron chi connectivity index (χ4n) is 1.50. The molecule has 0 unspecified atom stereocenters. The van der Waals surface area contributed by atoms with Crippen molar-refractivity contribution in [3.8, 4) is 11.8 Å². The summed E-state index contributed by atoms with van der Waals surface area (Å²) in [6, 6.07) is 1.69. The third-order valence-electron chi connectivity index (χ3n) is 2.50. The van der Waals surface area contributed by atoms with Gasteiger partial charge in [0, 0.05) is 11.8 Å². The quantitative estimate of drug-likeness (QED) is 0.838. The molecule has 2 aromatic rings. The molecule has 0 aliphatic rings. The van der Waals surface area contributed by atoms with E-state index in [1.165, 1.54) is 11.3 Å². The number of thiophene rings is 1. The summed E-state index contributed by atoms with van der Waals surface area (Å²) >= 11 is 1.36. The predicted molar refractivity (Wildman–Crippen MR) is 75.3 cm³/mol. The SMILES string of the molecule is CCc1cnc(CNC(=O)c2csc(C#CCO)c2)o1. The Labute approximate surface area is 120 Å². The molecule has 2 heterocycles. The van der Waals surface area contributed by atoms with Crippen LogP contribution in [0.25, 0.3) is 0 Å². The maximum atomic E-state index is 11.9. The molecule has 0 fully saturated rings. The molecule has 0 radical (unpaired) electrons. The molecular formula is C14H14N2O3S. The van der Waals surface area contributed by atoms with E-state index in [9.17, 15) is 4.79 Å².